The van der Waals surface area contributed by atoms with Crippen LogP contribution in [0.15, 0.2) is 49.9 Å². The second kappa shape index (κ2) is 6.28. The molecule has 2 nitrogen and oxygen atoms in total. The molecule has 1 atom stereocenters. The summed E-state index contributed by atoms with van der Waals surface area (Å²) in [6, 6.07) is 9.92. The van der Waals surface area contributed by atoms with Crippen molar-refractivity contribution in [3.8, 4) is 0 Å². The lowest BCUT2D eigenvalue weighted by atomic mass is 10.0. The van der Waals surface area contributed by atoms with Crippen LogP contribution in [0.2, 0.25) is 0 Å². The third-order valence-electron chi connectivity index (χ3n) is 2.59. The van der Waals surface area contributed by atoms with Gasteiger partial charge in [-0.25, -0.2) is 0 Å². The van der Waals surface area contributed by atoms with E-state index >= 15 is 0 Å². The van der Waals surface area contributed by atoms with Crippen LogP contribution >= 0.6 is 47.8 Å². The number of aromatic nitrogens is 1. The largest absolute Gasteiger partial charge is 0.322 e. The first kappa shape index (κ1) is 14.2. The van der Waals surface area contributed by atoms with Gasteiger partial charge in [-0.1, -0.05) is 34.1 Å². The van der Waals surface area contributed by atoms with E-state index < -0.39 is 0 Å². The number of nitrogens with two attached hydrogens (primary N) is 1. The first-order valence-electron chi connectivity index (χ1n) is 5.38. The Morgan fingerprint density at radius 3 is 2.50 bits per heavy atom. The molecule has 18 heavy (non-hydrogen) atoms. The van der Waals surface area contributed by atoms with Crippen molar-refractivity contribution in [2.24, 2.45) is 5.73 Å². The van der Waals surface area contributed by atoms with Gasteiger partial charge >= 0.3 is 0 Å². The molecule has 0 radical (unpaired) electrons. The van der Waals surface area contributed by atoms with Crippen LogP contribution in [0.4, 0.5) is 0 Å². The van der Waals surface area contributed by atoms with Gasteiger partial charge in [-0.15, -0.1) is 0 Å². The predicted molar refractivity (Wildman–Crippen MR) is 84.4 cm³/mol. The van der Waals surface area contributed by atoms with Gasteiger partial charge in [-0.2, -0.15) is 0 Å². The summed E-state index contributed by atoms with van der Waals surface area (Å²) in [5.41, 5.74) is 8.27. The summed E-state index contributed by atoms with van der Waals surface area (Å²) < 4.78 is 2.94. The maximum absolute atomic E-state index is 6.22. The van der Waals surface area contributed by atoms with Gasteiger partial charge in [-0.3, -0.25) is 4.98 Å². The lowest BCUT2D eigenvalue weighted by molar-refractivity contribution is 0.690. The summed E-state index contributed by atoms with van der Waals surface area (Å²) in [5, 5.41) is 0. The zero-order valence-corrected chi connectivity index (χ0v) is 14.2. The molecular formula is C13H11Br3N2. The molecule has 0 aliphatic carbocycles. The number of halogens is 3. The number of rotatable bonds is 3. The van der Waals surface area contributed by atoms with Crippen molar-refractivity contribution >= 4 is 47.8 Å². The lowest BCUT2D eigenvalue weighted by Crippen LogP contribution is -2.15. The van der Waals surface area contributed by atoms with E-state index in [0.29, 0.717) is 0 Å². The quantitative estimate of drug-likeness (QED) is 0.766. The average molecular weight is 435 g/mol. The van der Waals surface area contributed by atoms with Gasteiger partial charge in [0.15, 0.2) is 0 Å². The molecule has 0 amide bonds. The van der Waals surface area contributed by atoms with Crippen molar-refractivity contribution in [2.45, 2.75) is 12.5 Å². The smallest absolute Gasteiger partial charge is 0.0716 e. The summed E-state index contributed by atoms with van der Waals surface area (Å²) in [4.78, 5) is 4.37. The summed E-state index contributed by atoms with van der Waals surface area (Å²) in [6.07, 6.45) is 2.51. The molecule has 0 saturated carbocycles. The highest BCUT2D eigenvalue weighted by molar-refractivity contribution is 9.11. The molecule has 1 heterocycles. The molecule has 1 aromatic heterocycles. The van der Waals surface area contributed by atoms with Crippen molar-refractivity contribution in [3.05, 3.63) is 61.2 Å². The molecule has 2 N–H and O–H groups in total. The van der Waals surface area contributed by atoms with Gasteiger partial charge in [0.25, 0.3) is 0 Å². The average Bonchev–Trinajstić information content (AvgIpc) is 2.32. The molecule has 0 spiro atoms. The zero-order chi connectivity index (χ0) is 13.1. The van der Waals surface area contributed by atoms with Crippen LogP contribution in [-0.4, -0.2) is 4.98 Å². The fourth-order valence-corrected chi connectivity index (χ4v) is 3.42. The molecule has 2 rings (SSSR count). The predicted octanol–water partition coefficient (Wildman–Crippen LogP) is 4.61. The highest BCUT2D eigenvalue weighted by Crippen LogP contribution is 2.27. The maximum Gasteiger partial charge on any atom is 0.0716 e. The number of benzene rings is 1. The Morgan fingerprint density at radius 2 is 1.83 bits per heavy atom. The van der Waals surface area contributed by atoms with Crippen LogP contribution < -0.4 is 5.73 Å². The Labute approximate surface area is 131 Å². The highest BCUT2D eigenvalue weighted by atomic mass is 79.9. The number of pyridine rings is 1. The third kappa shape index (κ3) is 3.41. The fraction of sp³-hybridized carbons (Fsp3) is 0.154. The van der Waals surface area contributed by atoms with E-state index in [4.69, 9.17) is 5.73 Å². The Morgan fingerprint density at radius 1 is 1.11 bits per heavy atom. The Bertz CT molecular complexity index is 558. The molecule has 5 heteroatoms. The van der Waals surface area contributed by atoms with Crippen molar-refractivity contribution in [1.82, 2.24) is 4.98 Å². The standard InChI is InChI=1S/C13H11Br3N2/c14-9-6-11(16)13(18-7-9)12(17)5-8-3-1-2-4-10(8)15/h1-4,6-7,12H,5,17H2. The minimum atomic E-state index is -0.133. The normalized spacial score (nSPS) is 12.4. The van der Waals surface area contributed by atoms with E-state index in [9.17, 15) is 0 Å². The van der Waals surface area contributed by atoms with E-state index in [1.54, 1.807) is 6.20 Å². The Hall–Kier alpha value is -0.230. The van der Waals surface area contributed by atoms with Gasteiger partial charge < -0.3 is 5.73 Å². The van der Waals surface area contributed by atoms with Crippen LogP contribution in [0.5, 0.6) is 0 Å². The van der Waals surface area contributed by atoms with Crippen molar-refractivity contribution in [1.29, 1.82) is 0 Å². The fourth-order valence-electron chi connectivity index (χ4n) is 1.70. The summed E-state index contributed by atoms with van der Waals surface area (Å²) >= 11 is 10.4. The minimum Gasteiger partial charge on any atom is -0.322 e. The Balaban J connectivity index is 2.22. The zero-order valence-electron chi connectivity index (χ0n) is 9.41. The van der Waals surface area contributed by atoms with E-state index in [0.717, 1.165) is 25.5 Å². The van der Waals surface area contributed by atoms with Crippen LogP contribution in [0.1, 0.15) is 17.3 Å². The summed E-state index contributed by atoms with van der Waals surface area (Å²) in [7, 11) is 0. The number of hydrogen-bond donors (Lipinski definition) is 1. The first-order chi connectivity index (χ1) is 8.58. The minimum absolute atomic E-state index is 0.133. The third-order valence-corrected chi connectivity index (χ3v) is 4.43. The molecule has 1 unspecified atom stereocenters. The van der Waals surface area contributed by atoms with Crippen LogP contribution in [-0.2, 0) is 6.42 Å². The summed E-state index contributed by atoms with van der Waals surface area (Å²) in [5.74, 6) is 0. The number of hydrogen-bond acceptors (Lipinski definition) is 2. The van der Waals surface area contributed by atoms with Crippen molar-refractivity contribution in [3.63, 3.8) is 0 Å². The van der Waals surface area contributed by atoms with Crippen LogP contribution in [0.3, 0.4) is 0 Å². The molecule has 0 bridgehead atoms. The van der Waals surface area contributed by atoms with Crippen LogP contribution in [0, 0.1) is 0 Å². The van der Waals surface area contributed by atoms with Crippen molar-refractivity contribution < 1.29 is 0 Å². The molecule has 0 saturated heterocycles. The highest BCUT2D eigenvalue weighted by Gasteiger charge is 2.13. The SMILES string of the molecule is NC(Cc1ccccc1Br)c1ncc(Br)cc1Br. The molecule has 2 aromatic rings. The lowest BCUT2D eigenvalue weighted by Gasteiger charge is -2.14. The molecule has 1 aromatic carbocycles. The Kier molecular flexibility index (Phi) is 4.95. The van der Waals surface area contributed by atoms with Crippen LogP contribution in [0.25, 0.3) is 0 Å². The second-order valence-electron chi connectivity index (χ2n) is 3.92. The van der Waals surface area contributed by atoms with E-state index in [2.05, 4.69) is 58.8 Å². The maximum atomic E-state index is 6.22. The molecule has 0 aliphatic heterocycles. The number of nitrogens with zero attached hydrogens (tertiary/aromatic N) is 1. The molecule has 94 valence electrons. The van der Waals surface area contributed by atoms with Gasteiger partial charge in [0, 0.05) is 19.6 Å². The summed E-state index contributed by atoms with van der Waals surface area (Å²) in [6.45, 7) is 0. The van der Waals surface area contributed by atoms with E-state index in [-0.39, 0.29) is 6.04 Å². The first-order valence-corrected chi connectivity index (χ1v) is 7.75. The van der Waals surface area contributed by atoms with Gasteiger partial charge in [0.1, 0.15) is 0 Å². The molecule has 0 fully saturated rings. The van der Waals surface area contributed by atoms with Gasteiger partial charge in [-0.05, 0) is 56.0 Å². The van der Waals surface area contributed by atoms with E-state index in [1.807, 2.05) is 24.3 Å². The topological polar surface area (TPSA) is 38.9 Å². The monoisotopic (exact) mass is 432 g/mol. The van der Waals surface area contributed by atoms with E-state index in [1.165, 1.54) is 5.56 Å². The van der Waals surface area contributed by atoms with Gasteiger partial charge in [0.2, 0.25) is 0 Å². The second-order valence-corrected chi connectivity index (χ2v) is 6.55. The molecule has 0 aliphatic rings. The van der Waals surface area contributed by atoms with Gasteiger partial charge in [0.05, 0.1) is 11.7 Å². The molecular weight excluding hydrogens is 424 g/mol. The van der Waals surface area contributed by atoms with Crippen molar-refractivity contribution in [2.75, 3.05) is 0 Å².